The van der Waals surface area contributed by atoms with Gasteiger partial charge in [-0.3, -0.25) is 4.79 Å². The lowest BCUT2D eigenvalue weighted by Crippen LogP contribution is -2.30. The number of amides is 1. The Morgan fingerprint density at radius 2 is 1.94 bits per heavy atom. The molecule has 0 unspecified atom stereocenters. The van der Waals surface area contributed by atoms with Crippen molar-refractivity contribution in [3.05, 3.63) is 28.0 Å². The molecular weight excluding hydrogens is 462 g/mol. The van der Waals surface area contributed by atoms with Crippen LogP contribution in [0.1, 0.15) is 59.1 Å². The first-order valence-electron chi connectivity index (χ1n) is 11.1. The number of carbonyl (C=O) groups is 3. The molecule has 9 heteroatoms. The third kappa shape index (κ3) is 5.14. The topological polar surface area (TPSA) is 90.9 Å². The Labute approximate surface area is 200 Å². The van der Waals surface area contributed by atoms with Crippen LogP contribution in [-0.2, 0) is 14.3 Å². The van der Waals surface area contributed by atoms with Gasteiger partial charge in [-0.2, -0.15) is 0 Å². The van der Waals surface area contributed by atoms with E-state index in [-0.39, 0.29) is 19.1 Å². The van der Waals surface area contributed by atoms with Crippen LogP contribution in [-0.4, -0.2) is 44.7 Å². The van der Waals surface area contributed by atoms with Crippen molar-refractivity contribution in [2.24, 2.45) is 5.92 Å². The highest BCUT2D eigenvalue weighted by Crippen LogP contribution is 2.49. The van der Waals surface area contributed by atoms with Gasteiger partial charge in [0.05, 0.1) is 19.1 Å². The first-order chi connectivity index (χ1) is 16.0. The fraction of sp³-hybridized carbons (Fsp3) is 0.458. The third-order valence-corrected chi connectivity index (χ3v) is 7.98. The zero-order chi connectivity index (χ0) is 23.4. The van der Waals surface area contributed by atoms with Crippen molar-refractivity contribution in [3.63, 3.8) is 0 Å². The van der Waals surface area contributed by atoms with Crippen LogP contribution in [0.15, 0.2) is 17.5 Å². The van der Waals surface area contributed by atoms with E-state index in [0.717, 1.165) is 20.5 Å². The summed E-state index contributed by atoms with van der Waals surface area (Å²) in [6, 6.07) is 3.80. The van der Waals surface area contributed by atoms with Gasteiger partial charge in [0.2, 0.25) is 0 Å². The van der Waals surface area contributed by atoms with Crippen molar-refractivity contribution in [3.8, 4) is 16.2 Å². The van der Waals surface area contributed by atoms with Crippen LogP contribution in [0.25, 0.3) is 20.5 Å². The molecule has 2 aliphatic carbocycles. The lowest BCUT2D eigenvalue weighted by Gasteiger charge is -2.21. The summed E-state index contributed by atoms with van der Waals surface area (Å²) in [6.07, 6.45) is 6.14. The summed E-state index contributed by atoms with van der Waals surface area (Å²) in [6.45, 7) is 2.38. The van der Waals surface area contributed by atoms with Crippen molar-refractivity contribution in [2.75, 3.05) is 26.9 Å². The fourth-order valence-electron chi connectivity index (χ4n) is 4.21. The van der Waals surface area contributed by atoms with Gasteiger partial charge in [-0.25, -0.2) is 9.59 Å². The van der Waals surface area contributed by atoms with Crippen LogP contribution in [0.2, 0.25) is 0 Å². The Kier molecular flexibility index (Phi) is 7.49. The SMILES string of the molecule is CCOC(=O)COc1c(C(=O)OC)sc2cc3cc(C(=O)NCC4CCCCC4)csc-3c12. The lowest BCUT2D eigenvalue weighted by atomic mass is 9.89. The summed E-state index contributed by atoms with van der Waals surface area (Å²) in [5.74, 6) is -0.223. The molecule has 1 aliphatic heterocycles. The largest absolute Gasteiger partial charge is 0.479 e. The van der Waals surface area contributed by atoms with E-state index in [1.54, 1.807) is 6.92 Å². The van der Waals surface area contributed by atoms with E-state index in [9.17, 15) is 14.4 Å². The molecule has 0 aromatic carbocycles. The van der Waals surface area contributed by atoms with Gasteiger partial charge in [0, 0.05) is 27.1 Å². The van der Waals surface area contributed by atoms with Crippen LogP contribution in [0.3, 0.4) is 0 Å². The molecule has 0 bridgehead atoms. The van der Waals surface area contributed by atoms with Gasteiger partial charge in [0.25, 0.3) is 5.91 Å². The summed E-state index contributed by atoms with van der Waals surface area (Å²) in [4.78, 5) is 38.0. The summed E-state index contributed by atoms with van der Waals surface area (Å²) < 4.78 is 16.4. The minimum absolute atomic E-state index is 0.0719. The minimum Gasteiger partial charge on any atom is -0.479 e. The molecule has 33 heavy (non-hydrogen) atoms. The Balaban J connectivity index is 1.59. The van der Waals surface area contributed by atoms with Crippen LogP contribution in [0.4, 0.5) is 0 Å². The second kappa shape index (κ2) is 10.5. The van der Waals surface area contributed by atoms with Crippen molar-refractivity contribution >= 4 is 50.6 Å². The second-order valence-electron chi connectivity index (χ2n) is 8.06. The molecule has 1 N–H and O–H groups in total. The number of nitrogens with one attached hydrogen (secondary N) is 1. The highest BCUT2D eigenvalue weighted by molar-refractivity contribution is 7.22. The van der Waals surface area contributed by atoms with E-state index >= 15 is 0 Å². The third-order valence-electron chi connectivity index (χ3n) is 5.83. The van der Waals surface area contributed by atoms with Crippen molar-refractivity contribution < 1.29 is 28.6 Å². The number of fused-ring (bicyclic) bond motifs is 3. The van der Waals surface area contributed by atoms with Gasteiger partial charge in [-0.15, -0.1) is 22.7 Å². The van der Waals surface area contributed by atoms with Crippen molar-refractivity contribution in [1.82, 2.24) is 5.32 Å². The van der Waals surface area contributed by atoms with Gasteiger partial charge < -0.3 is 19.5 Å². The zero-order valence-electron chi connectivity index (χ0n) is 18.7. The van der Waals surface area contributed by atoms with Gasteiger partial charge in [0.1, 0.15) is 0 Å². The predicted molar refractivity (Wildman–Crippen MR) is 129 cm³/mol. The zero-order valence-corrected chi connectivity index (χ0v) is 20.4. The first-order valence-corrected chi connectivity index (χ1v) is 12.8. The smallest absolute Gasteiger partial charge is 0.351 e. The van der Waals surface area contributed by atoms with Gasteiger partial charge in [-0.1, -0.05) is 19.3 Å². The van der Waals surface area contributed by atoms with E-state index in [1.165, 1.54) is 61.9 Å². The molecule has 176 valence electrons. The Hall–Kier alpha value is -2.65. The molecule has 7 nitrogen and oxygen atoms in total. The number of esters is 2. The maximum Gasteiger partial charge on any atom is 0.351 e. The number of rotatable bonds is 8. The summed E-state index contributed by atoms with van der Waals surface area (Å²) >= 11 is 2.66. The number of thiophene rings is 1. The van der Waals surface area contributed by atoms with E-state index in [2.05, 4.69) is 5.32 Å². The number of carbonyl (C=O) groups excluding carboxylic acids is 3. The highest BCUT2D eigenvalue weighted by atomic mass is 32.1. The van der Waals surface area contributed by atoms with Gasteiger partial charge in [-0.05, 0) is 43.4 Å². The Morgan fingerprint density at radius 3 is 2.67 bits per heavy atom. The Bertz CT molecular complexity index is 1130. The molecule has 1 aromatic heterocycles. The molecule has 3 aliphatic rings. The lowest BCUT2D eigenvalue weighted by molar-refractivity contribution is -0.145. The predicted octanol–water partition coefficient (Wildman–Crippen LogP) is 5.11. The molecule has 4 rings (SSSR count). The quantitative estimate of drug-likeness (QED) is 0.443. The fourth-order valence-corrected chi connectivity index (χ4v) is 6.39. The molecule has 1 saturated carbocycles. The normalized spacial score (nSPS) is 14.4. The summed E-state index contributed by atoms with van der Waals surface area (Å²) in [5.41, 5.74) is 1.51. The highest BCUT2D eigenvalue weighted by Gasteiger charge is 2.27. The van der Waals surface area contributed by atoms with E-state index < -0.39 is 11.9 Å². The first kappa shape index (κ1) is 23.5. The average Bonchev–Trinajstić information content (AvgIpc) is 3.37. The van der Waals surface area contributed by atoms with Crippen molar-refractivity contribution in [2.45, 2.75) is 39.0 Å². The van der Waals surface area contributed by atoms with Crippen molar-refractivity contribution in [1.29, 1.82) is 0 Å². The Morgan fingerprint density at radius 1 is 1.15 bits per heavy atom. The maximum atomic E-state index is 12.7. The summed E-state index contributed by atoms with van der Waals surface area (Å²) in [5, 5.41) is 5.65. The number of methoxy groups -OCH3 is 1. The molecular formula is C24H27NO6S2. The maximum absolute atomic E-state index is 12.7. The van der Waals surface area contributed by atoms with E-state index in [0.29, 0.717) is 28.7 Å². The monoisotopic (exact) mass is 489 g/mol. The molecule has 2 heterocycles. The van der Waals surface area contributed by atoms with E-state index in [1.807, 2.05) is 17.5 Å². The number of ether oxygens (including phenoxy) is 3. The standard InChI is InChI=1S/C24H27NO6S2/c1-3-30-18(26)12-31-20-19-17(33-22(20)24(28)29-2)10-15-9-16(13-32-21(15)19)23(27)25-11-14-7-5-4-6-8-14/h9-10,13-14H,3-8,11-12H2,1-2H3,(H,25,27). The van der Waals surface area contributed by atoms with Crippen LogP contribution >= 0.6 is 22.7 Å². The van der Waals surface area contributed by atoms with Crippen LogP contribution < -0.4 is 10.1 Å². The molecule has 1 amide bonds. The summed E-state index contributed by atoms with van der Waals surface area (Å²) in [7, 11) is 1.31. The minimum atomic E-state index is -0.521. The molecule has 1 aromatic rings. The molecule has 0 spiro atoms. The second-order valence-corrected chi connectivity index (χ2v) is 9.99. The van der Waals surface area contributed by atoms with Gasteiger partial charge in [0.15, 0.2) is 17.2 Å². The molecule has 0 atom stereocenters. The van der Waals surface area contributed by atoms with Gasteiger partial charge >= 0.3 is 11.9 Å². The van der Waals surface area contributed by atoms with E-state index in [4.69, 9.17) is 14.2 Å². The van der Waals surface area contributed by atoms with Crippen LogP contribution in [0, 0.1) is 5.92 Å². The number of hydrogen-bond acceptors (Lipinski definition) is 8. The number of hydrogen-bond donors (Lipinski definition) is 1. The van der Waals surface area contributed by atoms with Crippen LogP contribution in [0.5, 0.6) is 5.75 Å². The molecule has 0 radical (unpaired) electrons. The average molecular weight is 490 g/mol. The molecule has 1 fully saturated rings. The molecule has 0 saturated heterocycles.